The second-order valence-corrected chi connectivity index (χ2v) is 10.2. The third kappa shape index (κ3) is 3.64. The van der Waals surface area contributed by atoms with E-state index in [-0.39, 0.29) is 11.0 Å². The van der Waals surface area contributed by atoms with Gasteiger partial charge < -0.3 is 4.98 Å². The van der Waals surface area contributed by atoms with Gasteiger partial charge >= 0.3 is 0 Å². The van der Waals surface area contributed by atoms with E-state index in [0.29, 0.717) is 5.92 Å². The van der Waals surface area contributed by atoms with Crippen molar-refractivity contribution in [2.75, 3.05) is 26.2 Å². The lowest BCUT2D eigenvalue weighted by atomic mass is 9.78. The van der Waals surface area contributed by atoms with Gasteiger partial charge in [0.25, 0.3) is 0 Å². The van der Waals surface area contributed by atoms with Crippen LogP contribution in [-0.2, 0) is 23.9 Å². The second kappa shape index (κ2) is 7.30. The lowest BCUT2D eigenvalue weighted by Gasteiger charge is -2.51. The number of nitrogens with zero attached hydrogens (tertiary/aromatic N) is 4. The first-order chi connectivity index (χ1) is 13.3. The fourth-order valence-electron chi connectivity index (χ4n) is 4.93. The number of likely N-dealkylation sites (tertiary alicyclic amines) is 1. The van der Waals surface area contributed by atoms with Gasteiger partial charge in [0, 0.05) is 55.9 Å². The molecule has 1 spiro atoms. The Kier molecular flexibility index (Phi) is 5.12. The van der Waals surface area contributed by atoms with Crippen LogP contribution in [0.3, 0.4) is 0 Å². The zero-order valence-electron chi connectivity index (χ0n) is 18.2. The van der Waals surface area contributed by atoms with Crippen molar-refractivity contribution in [2.45, 2.75) is 71.4 Å². The molecule has 4 heterocycles. The monoisotopic (exact) mass is 384 g/mol. The molecular formula is C22H36N6. The third-order valence-electron chi connectivity index (χ3n) is 6.46. The smallest absolute Gasteiger partial charge is 0.0926 e. The molecule has 1 saturated heterocycles. The summed E-state index contributed by atoms with van der Waals surface area (Å²) in [5.41, 5.74) is 5.25. The van der Waals surface area contributed by atoms with Crippen LogP contribution in [0.1, 0.15) is 70.2 Å². The molecule has 6 nitrogen and oxygen atoms in total. The number of nitrogens with one attached hydrogen (secondary N) is 2. The number of aromatic nitrogens is 4. The van der Waals surface area contributed by atoms with Crippen molar-refractivity contribution < 1.29 is 0 Å². The van der Waals surface area contributed by atoms with E-state index >= 15 is 0 Å². The van der Waals surface area contributed by atoms with Crippen LogP contribution in [0.2, 0.25) is 0 Å². The zero-order valence-corrected chi connectivity index (χ0v) is 18.2. The molecule has 0 radical (unpaired) electrons. The van der Waals surface area contributed by atoms with Crippen molar-refractivity contribution in [2.24, 2.45) is 5.92 Å². The number of fused-ring (bicyclic) bond motifs is 2. The molecule has 0 atom stereocenters. The summed E-state index contributed by atoms with van der Waals surface area (Å²) >= 11 is 0. The molecule has 0 unspecified atom stereocenters. The number of H-pyrrole nitrogens is 2. The predicted molar refractivity (Wildman–Crippen MR) is 112 cm³/mol. The minimum absolute atomic E-state index is 0.0938. The number of hydrogen-bond acceptors (Lipinski definition) is 4. The fourth-order valence-corrected chi connectivity index (χ4v) is 4.93. The zero-order chi connectivity index (χ0) is 19.9. The van der Waals surface area contributed by atoms with Gasteiger partial charge in [0.2, 0.25) is 0 Å². The van der Waals surface area contributed by atoms with Gasteiger partial charge in [0.05, 0.1) is 23.3 Å². The average Bonchev–Trinajstić information content (AvgIpc) is 3.28. The largest absolute Gasteiger partial charge is 0.348 e. The van der Waals surface area contributed by atoms with Crippen molar-refractivity contribution >= 4 is 0 Å². The first-order valence-corrected chi connectivity index (χ1v) is 10.8. The summed E-state index contributed by atoms with van der Waals surface area (Å²) in [6, 6.07) is 2.24. The molecule has 2 aliphatic heterocycles. The van der Waals surface area contributed by atoms with Crippen LogP contribution >= 0.6 is 0 Å². The molecule has 0 aromatic carbocycles. The molecule has 154 valence electrons. The Morgan fingerprint density at radius 1 is 1.18 bits per heavy atom. The van der Waals surface area contributed by atoms with E-state index in [1.807, 2.05) is 6.33 Å². The number of piperidine rings is 1. The number of aromatic amines is 2. The molecule has 2 aliphatic rings. The van der Waals surface area contributed by atoms with Crippen LogP contribution in [0.4, 0.5) is 0 Å². The first-order valence-electron chi connectivity index (χ1n) is 10.8. The molecule has 0 aliphatic carbocycles. The minimum Gasteiger partial charge on any atom is -0.348 e. The van der Waals surface area contributed by atoms with Gasteiger partial charge in [-0.15, -0.1) is 0 Å². The number of rotatable bonds is 4. The molecule has 0 bridgehead atoms. The Balaban J connectivity index is 1.48. The summed E-state index contributed by atoms with van der Waals surface area (Å²) in [6.07, 6.45) is 5.29. The van der Waals surface area contributed by atoms with Gasteiger partial charge in [-0.3, -0.25) is 14.9 Å². The molecule has 4 rings (SSSR count). The normalized spacial score (nSPS) is 20.8. The molecule has 0 saturated carbocycles. The van der Waals surface area contributed by atoms with Crippen molar-refractivity contribution in [1.29, 1.82) is 0 Å². The summed E-state index contributed by atoms with van der Waals surface area (Å²) in [5, 5.41) is 7.79. The lowest BCUT2D eigenvalue weighted by molar-refractivity contribution is -0.00381. The molecule has 2 aromatic heterocycles. The van der Waals surface area contributed by atoms with E-state index in [4.69, 9.17) is 4.98 Å². The maximum Gasteiger partial charge on any atom is 0.0926 e. The van der Waals surface area contributed by atoms with E-state index in [0.717, 1.165) is 57.7 Å². The summed E-state index contributed by atoms with van der Waals surface area (Å²) in [5.74, 6) is 0.677. The summed E-state index contributed by atoms with van der Waals surface area (Å²) in [7, 11) is 0. The van der Waals surface area contributed by atoms with Crippen molar-refractivity contribution in [3.05, 3.63) is 35.2 Å². The van der Waals surface area contributed by atoms with E-state index in [2.05, 4.69) is 65.7 Å². The minimum atomic E-state index is 0.0938. The summed E-state index contributed by atoms with van der Waals surface area (Å²) in [6.45, 7) is 16.8. The SMILES string of the molecule is CC(C)CN1CCc2[nH]cnc2C12CCN(Cc1cc(C(C)(C)C)n[nH]1)CC2. The highest BCUT2D eigenvalue weighted by Crippen LogP contribution is 2.42. The standard InChI is InChI=1S/C22H36N6/c1-16(2)13-28-9-6-18-20(24-15-23-18)22(28)7-10-27(11-8-22)14-17-12-19(26-25-17)21(3,4)5/h12,15-16H,6-11,13-14H2,1-5H3,(H,23,24)(H,25,26). The van der Waals surface area contributed by atoms with Crippen LogP contribution in [0.15, 0.2) is 12.4 Å². The maximum absolute atomic E-state index is 4.80. The Hall–Kier alpha value is -1.66. The topological polar surface area (TPSA) is 63.8 Å². The average molecular weight is 385 g/mol. The van der Waals surface area contributed by atoms with Crippen molar-refractivity contribution in [3.8, 4) is 0 Å². The van der Waals surface area contributed by atoms with Gasteiger partial charge in [0.1, 0.15) is 0 Å². The molecule has 0 amide bonds. The number of imidazole rings is 1. The second-order valence-electron chi connectivity index (χ2n) is 10.2. The van der Waals surface area contributed by atoms with Crippen molar-refractivity contribution in [3.63, 3.8) is 0 Å². The van der Waals surface area contributed by atoms with Crippen LogP contribution in [0.25, 0.3) is 0 Å². The first kappa shape index (κ1) is 19.6. The van der Waals surface area contributed by atoms with Crippen LogP contribution in [0.5, 0.6) is 0 Å². The Morgan fingerprint density at radius 3 is 2.57 bits per heavy atom. The van der Waals surface area contributed by atoms with E-state index in [1.54, 1.807) is 0 Å². The highest BCUT2D eigenvalue weighted by atomic mass is 15.3. The maximum atomic E-state index is 4.80. The number of hydrogen-bond donors (Lipinski definition) is 2. The predicted octanol–water partition coefficient (Wildman–Crippen LogP) is 3.44. The van der Waals surface area contributed by atoms with Gasteiger partial charge in [-0.2, -0.15) is 5.10 Å². The van der Waals surface area contributed by atoms with Crippen LogP contribution in [0, 0.1) is 5.92 Å². The molecule has 1 fully saturated rings. The van der Waals surface area contributed by atoms with Gasteiger partial charge in [-0.1, -0.05) is 34.6 Å². The Labute approximate surface area is 169 Å². The molecule has 2 aromatic rings. The fraction of sp³-hybridized carbons (Fsp3) is 0.727. The highest BCUT2D eigenvalue weighted by molar-refractivity contribution is 5.27. The summed E-state index contributed by atoms with van der Waals surface area (Å²) in [4.78, 5) is 13.5. The van der Waals surface area contributed by atoms with Gasteiger partial charge in [-0.25, -0.2) is 4.98 Å². The molecule has 28 heavy (non-hydrogen) atoms. The van der Waals surface area contributed by atoms with Crippen LogP contribution in [-0.4, -0.2) is 56.1 Å². The highest BCUT2D eigenvalue weighted by Gasteiger charge is 2.46. The summed E-state index contributed by atoms with van der Waals surface area (Å²) < 4.78 is 0. The van der Waals surface area contributed by atoms with E-state index < -0.39 is 0 Å². The van der Waals surface area contributed by atoms with E-state index in [9.17, 15) is 0 Å². The van der Waals surface area contributed by atoms with E-state index in [1.165, 1.54) is 17.1 Å². The quantitative estimate of drug-likeness (QED) is 0.848. The Bertz CT molecular complexity index is 788. The van der Waals surface area contributed by atoms with Crippen LogP contribution < -0.4 is 0 Å². The lowest BCUT2D eigenvalue weighted by Crippen LogP contribution is -2.57. The van der Waals surface area contributed by atoms with Gasteiger partial charge in [-0.05, 0) is 24.8 Å². The third-order valence-corrected chi connectivity index (χ3v) is 6.46. The van der Waals surface area contributed by atoms with Gasteiger partial charge in [0.15, 0.2) is 0 Å². The Morgan fingerprint density at radius 2 is 1.93 bits per heavy atom. The van der Waals surface area contributed by atoms with Crippen molar-refractivity contribution in [1.82, 2.24) is 30.0 Å². The molecule has 6 heteroatoms. The molecular weight excluding hydrogens is 348 g/mol. The molecule has 2 N–H and O–H groups in total.